The molecular weight excluding hydrogens is 530 g/mol. The summed E-state index contributed by atoms with van der Waals surface area (Å²) in [7, 11) is 3.04. The summed E-state index contributed by atoms with van der Waals surface area (Å²) in [5.41, 5.74) is 14.0. The van der Waals surface area contributed by atoms with Crippen LogP contribution < -0.4 is 26.3 Å². The maximum absolute atomic E-state index is 14.2. The van der Waals surface area contributed by atoms with Gasteiger partial charge in [-0.3, -0.25) is 14.4 Å². The van der Waals surface area contributed by atoms with E-state index in [1.165, 1.54) is 19.1 Å². The molecule has 3 aromatic rings. The molecule has 40 heavy (non-hydrogen) atoms. The number of hydrogen-bond donors (Lipinski definition) is 3. The number of hydrogen-bond acceptors (Lipinski definition) is 8. The summed E-state index contributed by atoms with van der Waals surface area (Å²) in [4.78, 5) is 41.6. The Hall–Kier alpha value is -4.12. The highest BCUT2D eigenvalue weighted by Crippen LogP contribution is 2.35. The Labute approximate surface area is 237 Å². The van der Waals surface area contributed by atoms with Crippen molar-refractivity contribution in [2.45, 2.75) is 51.1 Å². The molecule has 0 aliphatic heterocycles. The van der Waals surface area contributed by atoms with Crippen LogP contribution in [0.15, 0.2) is 42.5 Å². The molecule has 11 heteroatoms. The molecule has 2 aromatic carbocycles. The summed E-state index contributed by atoms with van der Waals surface area (Å²) in [6.07, 6.45) is 4.32. The Kier molecular flexibility index (Phi) is 9.26. The minimum atomic E-state index is -1.02. The van der Waals surface area contributed by atoms with E-state index in [1.807, 2.05) is 31.2 Å². The van der Waals surface area contributed by atoms with Gasteiger partial charge in [-0.25, -0.2) is 0 Å². The number of nitrogens with zero attached hydrogens (tertiary/aromatic N) is 2. The van der Waals surface area contributed by atoms with Crippen LogP contribution in [0.2, 0.25) is 0 Å². The Morgan fingerprint density at radius 2 is 1.80 bits per heavy atom. The van der Waals surface area contributed by atoms with Crippen LogP contribution in [0.1, 0.15) is 68.6 Å². The lowest BCUT2D eigenvalue weighted by Crippen LogP contribution is -2.46. The number of benzene rings is 2. The number of primary amides is 1. The quantitative estimate of drug-likeness (QED) is 0.321. The molecular formula is C29H35N5O5S. The fraction of sp³-hybridized carbons (Fsp3) is 0.379. The van der Waals surface area contributed by atoms with Crippen molar-refractivity contribution in [1.82, 2.24) is 14.6 Å². The summed E-state index contributed by atoms with van der Waals surface area (Å²) in [5, 5.41) is 3.16. The number of carbonyl (C=O) groups is 3. The Morgan fingerprint density at radius 3 is 2.42 bits per heavy atom. The zero-order chi connectivity index (χ0) is 28.8. The molecule has 0 bridgehead atoms. The third kappa shape index (κ3) is 6.20. The van der Waals surface area contributed by atoms with Gasteiger partial charge >= 0.3 is 0 Å². The Balaban J connectivity index is 1.81. The van der Waals surface area contributed by atoms with Crippen molar-refractivity contribution in [3.8, 4) is 11.5 Å². The van der Waals surface area contributed by atoms with Crippen molar-refractivity contribution < 1.29 is 23.9 Å². The Bertz CT molecular complexity index is 1380. The molecule has 1 saturated carbocycles. The van der Waals surface area contributed by atoms with E-state index in [-0.39, 0.29) is 34.8 Å². The highest BCUT2D eigenvalue weighted by atomic mass is 32.1. The second-order valence-electron chi connectivity index (χ2n) is 9.82. The number of nitrogens with one attached hydrogen (secondary N) is 1. The number of aryl methyl sites for hydroxylation is 1. The fourth-order valence-electron chi connectivity index (χ4n) is 5.08. The number of amides is 3. The zero-order valence-corrected chi connectivity index (χ0v) is 23.8. The van der Waals surface area contributed by atoms with Gasteiger partial charge in [0.05, 0.1) is 19.9 Å². The molecule has 3 amide bonds. The first-order valence-corrected chi connectivity index (χ1v) is 13.9. The average molecular weight is 566 g/mol. The molecule has 0 spiro atoms. The van der Waals surface area contributed by atoms with Gasteiger partial charge in [0.2, 0.25) is 5.91 Å². The first kappa shape index (κ1) is 28.9. The van der Waals surface area contributed by atoms with E-state index in [1.54, 1.807) is 18.2 Å². The molecule has 1 aromatic heterocycles. The third-order valence-corrected chi connectivity index (χ3v) is 8.14. The molecule has 0 radical (unpaired) electrons. The molecule has 4 rings (SSSR count). The SMILES string of the molecule is COc1ccc(C(C(=O)NC2CCCC2)N(CCc2ccccc2C)C(=O)c2snc(C(N)=O)c2N)cc1OC. The first-order chi connectivity index (χ1) is 19.2. The molecule has 5 N–H and O–H groups in total. The smallest absolute Gasteiger partial charge is 0.270 e. The van der Waals surface area contributed by atoms with Gasteiger partial charge in [0.25, 0.3) is 11.8 Å². The van der Waals surface area contributed by atoms with E-state index in [0.717, 1.165) is 48.3 Å². The number of aromatic nitrogens is 1. The average Bonchev–Trinajstić information content (AvgIpc) is 3.60. The number of anilines is 1. The lowest BCUT2D eigenvalue weighted by molar-refractivity contribution is -0.126. The van der Waals surface area contributed by atoms with Crippen molar-refractivity contribution in [3.05, 3.63) is 69.7 Å². The number of ether oxygens (including phenoxy) is 2. The van der Waals surface area contributed by atoms with E-state index in [2.05, 4.69) is 9.69 Å². The van der Waals surface area contributed by atoms with Gasteiger partial charge in [-0.2, -0.15) is 4.37 Å². The van der Waals surface area contributed by atoms with Crippen LogP contribution in [0.3, 0.4) is 0 Å². The minimum Gasteiger partial charge on any atom is -0.493 e. The molecule has 1 unspecified atom stereocenters. The topological polar surface area (TPSA) is 150 Å². The van der Waals surface area contributed by atoms with E-state index in [0.29, 0.717) is 23.5 Å². The van der Waals surface area contributed by atoms with E-state index >= 15 is 0 Å². The highest BCUT2D eigenvalue weighted by molar-refractivity contribution is 7.09. The zero-order valence-electron chi connectivity index (χ0n) is 22.9. The van der Waals surface area contributed by atoms with Crippen molar-refractivity contribution in [1.29, 1.82) is 0 Å². The maximum atomic E-state index is 14.2. The molecule has 10 nitrogen and oxygen atoms in total. The van der Waals surface area contributed by atoms with Crippen molar-refractivity contribution in [2.24, 2.45) is 5.73 Å². The van der Waals surface area contributed by atoms with Gasteiger partial charge in [-0.1, -0.05) is 43.2 Å². The normalized spacial score (nSPS) is 14.0. The second kappa shape index (κ2) is 12.8. The van der Waals surface area contributed by atoms with Crippen molar-refractivity contribution in [2.75, 3.05) is 26.5 Å². The maximum Gasteiger partial charge on any atom is 0.270 e. The van der Waals surface area contributed by atoms with Crippen LogP contribution in [0.25, 0.3) is 0 Å². The van der Waals surface area contributed by atoms with Crippen LogP contribution in [0.5, 0.6) is 11.5 Å². The predicted molar refractivity (Wildman–Crippen MR) is 154 cm³/mol. The van der Waals surface area contributed by atoms with E-state index < -0.39 is 17.9 Å². The molecule has 1 atom stereocenters. The van der Waals surface area contributed by atoms with Gasteiger partial charge in [-0.15, -0.1) is 0 Å². The number of rotatable bonds is 11. The molecule has 0 saturated heterocycles. The number of methoxy groups -OCH3 is 2. The summed E-state index contributed by atoms with van der Waals surface area (Å²) in [5.74, 6) is -0.724. The fourth-order valence-corrected chi connectivity index (χ4v) is 5.85. The van der Waals surface area contributed by atoms with Gasteiger partial charge < -0.3 is 31.2 Å². The number of carbonyl (C=O) groups excluding carboxylic acids is 3. The molecule has 1 heterocycles. The van der Waals surface area contributed by atoms with Gasteiger partial charge in [0.1, 0.15) is 10.9 Å². The van der Waals surface area contributed by atoms with Crippen molar-refractivity contribution in [3.63, 3.8) is 0 Å². The lowest BCUT2D eigenvalue weighted by Gasteiger charge is -2.32. The van der Waals surface area contributed by atoms with Crippen LogP contribution in [-0.2, 0) is 11.2 Å². The molecule has 1 fully saturated rings. The Morgan fingerprint density at radius 1 is 1.10 bits per heavy atom. The number of nitrogens with two attached hydrogens (primary N) is 2. The van der Waals surface area contributed by atoms with Crippen LogP contribution in [-0.4, -0.2) is 53.8 Å². The van der Waals surface area contributed by atoms with Crippen LogP contribution in [0, 0.1) is 6.92 Å². The summed E-state index contributed by atoms with van der Waals surface area (Å²) in [6, 6.07) is 12.1. The largest absolute Gasteiger partial charge is 0.493 e. The van der Waals surface area contributed by atoms with Crippen LogP contribution >= 0.6 is 11.5 Å². The van der Waals surface area contributed by atoms with E-state index in [9.17, 15) is 14.4 Å². The first-order valence-electron chi connectivity index (χ1n) is 13.2. The minimum absolute atomic E-state index is 0.0263. The lowest BCUT2D eigenvalue weighted by atomic mass is 10.00. The molecule has 212 valence electrons. The number of nitrogen functional groups attached to an aromatic ring is 1. The monoisotopic (exact) mass is 565 g/mol. The third-order valence-electron chi connectivity index (χ3n) is 7.28. The summed E-state index contributed by atoms with van der Waals surface area (Å²) < 4.78 is 14.9. The summed E-state index contributed by atoms with van der Waals surface area (Å²) in [6.45, 7) is 2.20. The molecule has 1 aliphatic rings. The van der Waals surface area contributed by atoms with Gasteiger partial charge in [-0.05, 0) is 66.5 Å². The highest BCUT2D eigenvalue weighted by Gasteiger charge is 2.36. The second-order valence-corrected chi connectivity index (χ2v) is 10.6. The summed E-state index contributed by atoms with van der Waals surface area (Å²) >= 11 is 0.793. The van der Waals surface area contributed by atoms with Gasteiger partial charge in [0, 0.05) is 12.6 Å². The van der Waals surface area contributed by atoms with E-state index in [4.69, 9.17) is 20.9 Å². The standard InChI is InChI=1S/C29H35N5O5S/c1-17-8-4-5-9-18(17)14-15-34(29(37)26-23(30)24(27(31)35)33-40-26)25(28(36)32-20-10-6-7-11-20)19-12-13-21(38-2)22(16-19)39-3/h4-5,8-9,12-13,16,20,25H,6-7,10-11,14-15,30H2,1-3H3,(H2,31,35)(H,32,36). The van der Waals surface area contributed by atoms with Gasteiger partial charge in [0.15, 0.2) is 17.2 Å². The predicted octanol–water partition coefficient (Wildman–Crippen LogP) is 3.63. The van der Waals surface area contributed by atoms with Crippen molar-refractivity contribution >= 4 is 34.9 Å². The van der Waals surface area contributed by atoms with Crippen LogP contribution in [0.4, 0.5) is 5.69 Å². The molecule has 1 aliphatic carbocycles.